The van der Waals surface area contributed by atoms with Gasteiger partial charge in [-0.15, -0.1) is 11.6 Å². The van der Waals surface area contributed by atoms with E-state index in [2.05, 4.69) is 4.98 Å². The molecule has 0 saturated carbocycles. The first kappa shape index (κ1) is 11.9. The minimum absolute atomic E-state index is 0.145. The molecule has 2 aromatic rings. The van der Waals surface area contributed by atoms with E-state index in [0.29, 0.717) is 6.61 Å². The van der Waals surface area contributed by atoms with E-state index in [0.717, 1.165) is 16.9 Å². The molecule has 1 aromatic carbocycles. The second-order valence-corrected chi connectivity index (χ2v) is 4.08. The van der Waals surface area contributed by atoms with Crippen LogP contribution < -0.4 is 4.74 Å². The van der Waals surface area contributed by atoms with E-state index in [4.69, 9.17) is 16.3 Å². The zero-order valence-corrected chi connectivity index (χ0v) is 10.4. The van der Waals surface area contributed by atoms with Gasteiger partial charge < -0.3 is 4.74 Å². The predicted molar refractivity (Wildman–Crippen MR) is 69.5 cm³/mol. The molecule has 0 N–H and O–H groups in total. The van der Waals surface area contributed by atoms with Crippen LogP contribution in [0, 0.1) is 0 Å². The largest absolute Gasteiger partial charge is 0.494 e. The molecule has 0 fully saturated rings. The van der Waals surface area contributed by atoms with E-state index in [1.54, 1.807) is 12.4 Å². The fraction of sp³-hybridized carbons (Fsp3) is 0.214. The first-order valence-electron chi connectivity index (χ1n) is 5.58. The highest BCUT2D eigenvalue weighted by atomic mass is 35.5. The average molecular weight is 248 g/mol. The van der Waals surface area contributed by atoms with Crippen LogP contribution in [0.3, 0.4) is 0 Å². The first-order chi connectivity index (χ1) is 8.31. The summed E-state index contributed by atoms with van der Waals surface area (Å²) in [6.07, 6.45) is 3.50. The standard InChI is InChI=1S/C14H14ClNO/c1-2-17-13-5-3-11(4-6-13)14(15)12-7-9-16-10-8-12/h3-10,14H,2H2,1H3. The number of alkyl halides is 1. The Balaban J connectivity index is 2.17. The highest BCUT2D eigenvalue weighted by Crippen LogP contribution is 2.29. The van der Waals surface area contributed by atoms with E-state index >= 15 is 0 Å². The predicted octanol–water partition coefficient (Wildman–Crippen LogP) is 3.81. The highest BCUT2D eigenvalue weighted by Gasteiger charge is 2.10. The Labute approximate surface area is 106 Å². The number of hydrogen-bond donors (Lipinski definition) is 0. The third-order valence-corrected chi connectivity index (χ3v) is 2.99. The molecule has 1 unspecified atom stereocenters. The van der Waals surface area contributed by atoms with Crippen molar-refractivity contribution in [2.45, 2.75) is 12.3 Å². The van der Waals surface area contributed by atoms with E-state index in [1.165, 1.54) is 0 Å². The molecular weight excluding hydrogens is 234 g/mol. The molecule has 88 valence electrons. The summed E-state index contributed by atoms with van der Waals surface area (Å²) in [5, 5.41) is -0.145. The Morgan fingerprint density at radius 1 is 1.06 bits per heavy atom. The zero-order valence-electron chi connectivity index (χ0n) is 9.64. The van der Waals surface area contributed by atoms with Crippen LogP contribution in [0.1, 0.15) is 23.4 Å². The molecule has 1 atom stereocenters. The summed E-state index contributed by atoms with van der Waals surface area (Å²) in [5.41, 5.74) is 2.10. The van der Waals surface area contributed by atoms with Gasteiger partial charge in [0.15, 0.2) is 0 Å². The van der Waals surface area contributed by atoms with Crippen molar-refractivity contribution in [3.05, 3.63) is 59.9 Å². The maximum absolute atomic E-state index is 6.39. The van der Waals surface area contributed by atoms with Crippen LogP contribution in [0.4, 0.5) is 0 Å². The Bertz CT molecular complexity index is 455. The molecule has 0 aliphatic rings. The van der Waals surface area contributed by atoms with Crippen molar-refractivity contribution in [2.75, 3.05) is 6.61 Å². The second-order valence-electron chi connectivity index (χ2n) is 3.65. The molecule has 1 heterocycles. The normalized spacial score (nSPS) is 12.1. The van der Waals surface area contributed by atoms with Crippen LogP contribution in [0.25, 0.3) is 0 Å². The summed E-state index contributed by atoms with van der Waals surface area (Å²) in [5.74, 6) is 0.870. The SMILES string of the molecule is CCOc1ccc(C(Cl)c2ccncc2)cc1. The van der Waals surface area contributed by atoms with E-state index in [1.807, 2.05) is 43.3 Å². The van der Waals surface area contributed by atoms with E-state index in [9.17, 15) is 0 Å². The summed E-state index contributed by atoms with van der Waals surface area (Å²) in [7, 11) is 0. The van der Waals surface area contributed by atoms with Crippen LogP contribution >= 0.6 is 11.6 Å². The lowest BCUT2D eigenvalue weighted by Crippen LogP contribution is -1.95. The van der Waals surface area contributed by atoms with E-state index in [-0.39, 0.29) is 5.38 Å². The topological polar surface area (TPSA) is 22.1 Å². The van der Waals surface area contributed by atoms with Gasteiger partial charge in [-0.3, -0.25) is 4.98 Å². The fourth-order valence-electron chi connectivity index (χ4n) is 1.62. The number of ether oxygens (including phenoxy) is 1. The highest BCUT2D eigenvalue weighted by molar-refractivity contribution is 6.22. The maximum atomic E-state index is 6.39. The first-order valence-corrected chi connectivity index (χ1v) is 6.01. The molecule has 0 radical (unpaired) electrons. The van der Waals surface area contributed by atoms with Crippen molar-refractivity contribution in [2.24, 2.45) is 0 Å². The molecule has 2 rings (SSSR count). The van der Waals surface area contributed by atoms with Crippen LogP contribution in [-0.4, -0.2) is 11.6 Å². The second kappa shape index (κ2) is 5.69. The molecular formula is C14H14ClNO. The smallest absolute Gasteiger partial charge is 0.119 e. The third-order valence-electron chi connectivity index (χ3n) is 2.48. The van der Waals surface area contributed by atoms with Gasteiger partial charge in [-0.05, 0) is 42.3 Å². The minimum Gasteiger partial charge on any atom is -0.494 e. The molecule has 17 heavy (non-hydrogen) atoms. The molecule has 3 heteroatoms. The molecule has 0 aliphatic carbocycles. The summed E-state index contributed by atoms with van der Waals surface area (Å²) in [4.78, 5) is 3.98. The Kier molecular flexibility index (Phi) is 3.99. The zero-order chi connectivity index (χ0) is 12.1. The van der Waals surface area contributed by atoms with Crippen molar-refractivity contribution in [3.63, 3.8) is 0 Å². The van der Waals surface area contributed by atoms with Gasteiger partial charge in [-0.2, -0.15) is 0 Å². The monoisotopic (exact) mass is 247 g/mol. The lowest BCUT2D eigenvalue weighted by Gasteiger charge is -2.10. The number of benzene rings is 1. The minimum atomic E-state index is -0.145. The van der Waals surface area contributed by atoms with Crippen molar-refractivity contribution < 1.29 is 4.74 Å². The van der Waals surface area contributed by atoms with Gasteiger partial charge in [0, 0.05) is 12.4 Å². The van der Waals surface area contributed by atoms with Gasteiger partial charge in [0.05, 0.1) is 12.0 Å². The summed E-state index contributed by atoms with van der Waals surface area (Å²) in [6, 6.07) is 11.7. The molecule has 2 nitrogen and oxygen atoms in total. The van der Waals surface area contributed by atoms with E-state index < -0.39 is 0 Å². The van der Waals surface area contributed by atoms with Gasteiger partial charge in [-0.1, -0.05) is 12.1 Å². The van der Waals surface area contributed by atoms with Gasteiger partial charge in [0.1, 0.15) is 5.75 Å². The number of aromatic nitrogens is 1. The molecule has 1 aromatic heterocycles. The maximum Gasteiger partial charge on any atom is 0.119 e. The molecule has 0 bridgehead atoms. The van der Waals surface area contributed by atoms with Gasteiger partial charge >= 0.3 is 0 Å². The molecule has 0 spiro atoms. The number of nitrogens with zero attached hydrogens (tertiary/aromatic N) is 1. The summed E-state index contributed by atoms with van der Waals surface area (Å²) >= 11 is 6.39. The fourth-order valence-corrected chi connectivity index (χ4v) is 1.92. The Morgan fingerprint density at radius 2 is 1.65 bits per heavy atom. The van der Waals surface area contributed by atoms with Gasteiger partial charge in [0.2, 0.25) is 0 Å². The quantitative estimate of drug-likeness (QED) is 0.767. The average Bonchev–Trinajstić information content (AvgIpc) is 2.40. The summed E-state index contributed by atoms with van der Waals surface area (Å²) < 4.78 is 5.39. The lowest BCUT2D eigenvalue weighted by molar-refractivity contribution is 0.340. The van der Waals surface area contributed by atoms with Crippen LogP contribution in [0.15, 0.2) is 48.8 Å². The van der Waals surface area contributed by atoms with Crippen molar-refractivity contribution >= 4 is 11.6 Å². The van der Waals surface area contributed by atoms with Crippen molar-refractivity contribution in [1.82, 2.24) is 4.98 Å². The van der Waals surface area contributed by atoms with Gasteiger partial charge in [0.25, 0.3) is 0 Å². The number of halogens is 1. The Hall–Kier alpha value is -1.54. The van der Waals surface area contributed by atoms with Crippen molar-refractivity contribution in [3.8, 4) is 5.75 Å². The van der Waals surface area contributed by atoms with Crippen LogP contribution in [0.5, 0.6) is 5.75 Å². The Morgan fingerprint density at radius 3 is 2.24 bits per heavy atom. The number of rotatable bonds is 4. The third kappa shape index (κ3) is 2.98. The van der Waals surface area contributed by atoms with Crippen LogP contribution in [-0.2, 0) is 0 Å². The molecule has 0 aliphatic heterocycles. The molecule has 0 amide bonds. The van der Waals surface area contributed by atoms with Gasteiger partial charge in [-0.25, -0.2) is 0 Å². The number of hydrogen-bond acceptors (Lipinski definition) is 2. The lowest BCUT2D eigenvalue weighted by atomic mass is 10.1. The molecule has 0 saturated heterocycles. The van der Waals surface area contributed by atoms with Crippen molar-refractivity contribution in [1.29, 1.82) is 0 Å². The number of pyridine rings is 1. The van der Waals surface area contributed by atoms with Crippen LogP contribution in [0.2, 0.25) is 0 Å². The summed E-state index contributed by atoms with van der Waals surface area (Å²) in [6.45, 7) is 2.64.